The van der Waals surface area contributed by atoms with Crippen molar-refractivity contribution < 1.29 is 28.5 Å². The van der Waals surface area contributed by atoms with Crippen LogP contribution in [0.1, 0.15) is 17.2 Å². The molecule has 2 aromatic carbocycles. The van der Waals surface area contributed by atoms with Crippen LogP contribution in [0.5, 0.6) is 23.0 Å². The van der Waals surface area contributed by atoms with Gasteiger partial charge in [0, 0.05) is 0 Å². The van der Waals surface area contributed by atoms with E-state index < -0.39 is 6.10 Å². The number of methoxy groups -OCH3 is 2. The number of esters is 1. The number of carbonyl (C=O) groups excluding carboxylic acids is 1. The van der Waals surface area contributed by atoms with Crippen LogP contribution < -0.4 is 18.9 Å². The largest absolute Gasteiger partial charge is 0.497 e. The van der Waals surface area contributed by atoms with Gasteiger partial charge in [-0.15, -0.1) is 0 Å². The molecule has 25 heavy (non-hydrogen) atoms. The third-order valence-electron chi connectivity index (χ3n) is 4.19. The third-order valence-corrected chi connectivity index (χ3v) is 4.19. The van der Waals surface area contributed by atoms with E-state index in [4.69, 9.17) is 23.7 Å². The molecule has 0 amide bonds. The second kappa shape index (κ2) is 6.05. The molecule has 2 heterocycles. The summed E-state index contributed by atoms with van der Waals surface area (Å²) in [5, 5.41) is 0. The maximum atomic E-state index is 12.4. The Labute approximate surface area is 144 Å². The maximum Gasteiger partial charge on any atom is 0.339 e. The van der Waals surface area contributed by atoms with E-state index in [2.05, 4.69) is 0 Å². The average molecular weight is 340 g/mol. The molecule has 0 aromatic heterocycles. The summed E-state index contributed by atoms with van der Waals surface area (Å²) in [7, 11) is 3.15. The average Bonchev–Trinajstić information content (AvgIpc) is 3.27. The van der Waals surface area contributed by atoms with Gasteiger partial charge in [-0.3, -0.25) is 0 Å². The molecule has 0 fully saturated rings. The Hall–Kier alpha value is -3.15. The molecule has 1 atom stereocenters. The Kier molecular flexibility index (Phi) is 3.72. The molecule has 2 aliphatic rings. The second-order valence-corrected chi connectivity index (χ2v) is 5.59. The van der Waals surface area contributed by atoms with Crippen LogP contribution in [0.15, 0.2) is 42.5 Å². The zero-order chi connectivity index (χ0) is 17.4. The summed E-state index contributed by atoms with van der Waals surface area (Å²) in [6.07, 6.45) is 1.35. The highest BCUT2D eigenvalue weighted by Crippen LogP contribution is 2.44. The monoisotopic (exact) mass is 340 g/mol. The quantitative estimate of drug-likeness (QED) is 0.797. The number of hydrogen-bond donors (Lipinski definition) is 0. The topological polar surface area (TPSA) is 63.2 Å². The molecule has 0 bridgehead atoms. The van der Waals surface area contributed by atoms with Gasteiger partial charge in [0.1, 0.15) is 11.9 Å². The molecule has 4 rings (SSSR count). The van der Waals surface area contributed by atoms with Crippen LogP contribution in [0.2, 0.25) is 0 Å². The van der Waals surface area contributed by atoms with Crippen LogP contribution in [0.25, 0.3) is 5.57 Å². The molecule has 128 valence electrons. The van der Waals surface area contributed by atoms with Gasteiger partial charge in [0.2, 0.25) is 12.5 Å². The zero-order valence-electron chi connectivity index (χ0n) is 13.8. The molecule has 0 saturated heterocycles. The first-order valence-corrected chi connectivity index (χ1v) is 7.74. The van der Waals surface area contributed by atoms with E-state index in [-0.39, 0.29) is 12.8 Å². The van der Waals surface area contributed by atoms with Crippen molar-refractivity contribution in [2.45, 2.75) is 6.10 Å². The van der Waals surface area contributed by atoms with Crippen molar-refractivity contribution in [2.75, 3.05) is 21.0 Å². The molecule has 2 aromatic rings. The van der Waals surface area contributed by atoms with Gasteiger partial charge in [-0.1, -0.05) is 12.1 Å². The highest BCUT2D eigenvalue weighted by Gasteiger charge is 2.30. The number of hydrogen-bond acceptors (Lipinski definition) is 6. The van der Waals surface area contributed by atoms with E-state index in [0.29, 0.717) is 28.4 Å². The van der Waals surface area contributed by atoms with E-state index in [1.807, 2.05) is 24.3 Å². The predicted octanol–water partition coefficient (Wildman–Crippen LogP) is 3.11. The van der Waals surface area contributed by atoms with Gasteiger partial charge in [0.05, 0.1) is 19.8 Å². The molecule has 0 spiro atoms. The van der Waals surface area contributed by atoms with Gasteiger partial charge in [-0.2, -0.15) is 0 Å². The molecule has 0 N–H and O–H groups in total. The van der Waals surface area contributed by atoms with E-state index in [0.717, 1.165) is 11.3 Å². The van der Waals surface area contributed by atoms with Gasteiger partial charge in [0.15, 0.2) is 11.5 Å². The fraction of sp³-hybridized carbons (Fsp3) is 0.211. The SMILES string of the molecule is COc1ccc(C2C=C(c3cc(OC)c4c(c3)OCO4)C(=O)O2)cc1. The Morgan fingerprint density at radius 3 is 2.56 bits per heavy atom. The lowest BCUT2D eigenvalue weighted by Gasteiger charge is -2.09. The van der Waals surface area contributed by atoms with Gasteiger partial charge in [-0.05, 0) is 41.5 Å². The Balaban J connectivity index is 1.69. The molecular weight excluding hydrogens is 324 g/mol. The first-order chi connectivity index (χ1) is 12.2. The van der Waals surface area contributed by atoms with Crippen molar-refractivity contribution >= 4 is 11.5 Å². The second-order valence-electron chi connectivity index (χ2n) is 5.59. The fourth-order valence-corrected chi connectivity index (χ4v) is 2.89. The lowest BCUT2D eigenvalue weighted by molar-refractivity contribution is -0.137. The number of carbonyl (C=O) groups is 1. The van der Waals surface area contributed by atoms with E-state index in [1.165, 1.54) is 0 Å². The van der Waals surface area contributed by atoms with Crippen LogP contribution in [0.3, 0.4) is 0 Å². The van der Waals surface area contributed by atoms with Gasteiger partial charge >= 0.3 is 5.97 Å². The van der Waals surface area contributed by atoms with Crippen LogP contribution >= 0.6 is 0 Å². The summed E-state index contributed by atoms with van der Waals surface area (Å²) in [6.45, 7) is 0.132. The van der Waals surface area contributed by atoms with Crippen LogP contribution in [0.4, 0.5) is 0 Å². The van der Waals surface area contributed by atoms with Crippen molar-refractivity contribution in [3.8, 4) is 23.0 Å². The van der Waals surface area contributed by atoms with Crippen LogP contribution in [-0.4, -0.2) is 27.0 Å². The van der Waals surface area contributed by atoms with Crippen molar-refractivity contribution in [3.63, 3.8) is 0 Å². The van der Waals surface area contributed by atoms with Crippen molar-refractivity contribution in [2.24, 2.45) is 0 Å². The van der Waals surface area contributed by atoms with E-state index >= 15 is 0 Å². The zero-order valence-corrected chi connectivity index (χ0v) is 13.8. The minimum atomic E-state index is -0.440. The minimum absolute atomic E-state index is 0.132. The first-order valence-electron chi connectivity index (χ1n) is 7.74. The molecule has 6 heteroatoms. The van der Waals surface area contributed by atoms with Gasteiger partial charge in [0.25, 0.3) is 0 Å². The fourth-order valence-electron chi connectivity index (χ4n) is 2.89. The number of fused-ring (bicyclic) bond motifs is 1. The summed E-state index contributed by atoms with van der Waals surface area (Å²) in [4.78, 5) is 12.4. The lowest BCUT2D eigenvalue weighted by atomic mass is 10.0. The van der Waals surface area contributed by atoms with Crippen molar-refractivity contribution in [3.05, 3.63) is 53.6 Å². The van der Waals surface area contributed by atoms with Gasteiger partial charge in [-0.25, -0.2) is 4.79 Å². The third kappa shape index (κ3) is 2.65. The Morgan fingerprint density at radius 2 is 1.84 bits per heavy atom. The van der Waals surface area contributed by atoms with E-state index in [1.54, 1.807) is 32.4 Å². The van der Waals surface area contributed by atoms with Crippen LogP contribution in [0, 0.1) is 0 Å². The molecular formula is C19H16O6. The summed E-state index contributed by atoms with van der Waals surface area (Å²) in [5.74, 6) is 1.98. The number of rotatable bonds is 4. The molecule has 6 nitrogen and oxygen atoms in total. The smallest absolute Gasteiger partial charge is 0.339 e. The number of ether oxygens (including phenoxy) is 5. The highest BCUT2D eigenvalue weighted by atomic mass is 16.7. The Morgan fingerprint density at radius 1 is 1.04 bits per heavy atom. The van der Waals surface area contributed by atoms with Crippen LogP contribution in [-0.2, 0) is 9.53 Å². The number of cyclic esters (lactones) is 1. The van der Waals surface area contributed by atoms with Crippen molar-refractivity contribution in [1.82, 2.24) is 0 Å². The number of benzene rings is 2. The maximum absolute atomic E-state index is 12.4. The predicted molar refractivity (Wildman–Crippen MR) is 88.9 cm³/mol. The standard InChI is InChI=1S/C19H16O6/c1-21-13-5-3-11(4-6-13)15-9-14(19(20)25-15)12-7-16(22-2)18-17(8-12)23-10-24-18/h3-9,15H,10H2,1-2H3. The molecule has 2 aliphatic heterocycles. The molecule has 0 radical (unpaired) electrons. The molecule has 1 unspecified atom stereocenters. The van der Waals surface area contributed by atoms with E-state index in [9.17, 15) is 4.79 Å². The van der Waals surface area contributed by atoms with Crippen molar-refractivity contribution in [1.29, 1.82) is 0 Å². The summed E-state index contributed by atoms with van der Waals surface area (Å²) < 4.78 is 26.8. The summed E-state index contributed by atoms with van der Waals surface area (Å²) >= 11 is 0. The molecule has 0 saturated carbocycles. The first kappa shape index (κ1) is 15.4. The highest BCUT2D eigenvalue weighted by molar-refractivity contribution is 6.18. The van der Waals surface area contributed by atoms with Gasteiger partial charge < -0.3 is 23.7 Å². The lowest BCUT2D eigenvalue weighted by Crippen LogP contribution is -2.02. The minimum Gasteiger partial charge on any atom is -0.497 e. The summed E-state index contributed by atoms with van der Waals surface area (Å²) in [6, 6.07) is 10.9. The normalized spacial score (nSPS) is 17.9. The summed E-state index contributed by atoms with van der Waals surface area (Å²) in [5.41, 5.74) is 2.01. The Bertz CT molecular complexity index is 853. The molecule has 0 aliphatic carbocycles.